The van der Waals surface area contributed by atoms with E-state index in [4.69, 9.17) is 0 Å². The third-order valence-electron chi connectivity index (χ3n) is 6.08. The van der Waals surface area contributed by atoms with E-state index in [-0.39, 0.29) is 17.4 Å². The number of alkyl halides is 3. The first-order valence-electron chi connectivity index (χ1n) is 15.3. The van der Waals surface area contributed by atoms with Gasteiger partial charge in [0, 0.05) is 48.1 Å². The van der Waals surface area contributed by atoms with Crippen molar-refractivity contribution < 1.29 is 27.5 Å². The molecule has 256 valence electrons. The molecule has 0 radical (unpaired) electrons. The molecule has 0 atom stereocenters. The highest BCUT2D eigenvalue weighted by Gasteiger charge is 2.33. The van der Waals surface area contributed by atoms with Crippen LogP contribution in [0.25, 0.3) is 0 Å². The largest absolute Gasteiger partial charge is 0.414 e. The molecular formula is C36H52F3N3O3S. The number of thiophene rings is 1. The number of halogens is 3. The Morgan fingerprint density at radius 3 is 2.22 bits per heavy atom. The fourth-order valence-corrected chi connectivity index (χ4v) is 4.94. The minimum Gasteiger partial charge on any atom is -0.380 e. The monoisotopic (exact) mass is 663 g/mol. The number of amides is 1. The van der Waals surface area contributed by atoms with E-state index < -0.39 is 18.4 Å². The second-order valence-corrected chi connectivity index (χ2v) is 10.9. The molecule has 0 fully saturated rings. The zero-order chi connectivity index (χ0) is 35.7. The molecule has 0 aromatic carbocycles. The lowest BCUT2D eigenvalue weighted by Crippen LogP contribution is -2.24. The molecule has 0 unspecified atom stereocenters. The van der Waals surface area contributed by atoms with Gasteiger partial charge in [0.2, 0.25) is 0 Å². The van der Waals surface area contributed by atoms with Gasteiger partial charge >= 0.3 is 6.18 Å². The van der Waals surface area contributed by atoms with E-state index in [1.165, 1.54) is 30.9 Å². The number of allylic oxidation sites excluding steroid dienone is 6. The van der Waals surface area contributed by atoms with Gasteiger partial charge in [0.05, 0.1) is 29.7 Å². The average molecular weight is 664 g/mol. The molecule has 1 aliphatic heterocycles. The number of nitrogens with one attached hydrogen (secondary N) is 1. The number of hydrogen-bond acceptors (Lipinski definition) is 6. The number of terminal acetylenes is 1. The Morgan fingerprint density at radius 2 is 1.76 bits per heavy atom. The third-order valence-corrected chi connectivity index (χ3v) is 7.25. The summed E-state index contributed by atoms with van der Waals surface area (Å²) >= 11 is 1.53. The van der Waals surface area contributed by atoms with Gasteiger partial charge < -0.3 is 15.0 Å². The molecule has 0 bridgehead atoms. The molecule has 1 N–H and O–H groups in total. The van der Waals surface area contributed by atoms with Crippen LogP contribution in [0.1, 0.15) is 94.9 Å². The molecule has 46 heavy (non-hydrogen) atoms. The van der Waals surface area contributed by atoms with Gasteiger partial charge in [-0.15, -0.1) is 24.2 Å². The van der Waals surface area contributed by atoms with Gasteiger partial charge in [-0.05, 0) is 51.7 Å². The Morgan fingerprint density at radius 1 is 1.13 bits per heavy atom. The van der Waals surface area contributed by atoms with E-state index in [0.717, 1.165) is 54.3 Å². The van der Waals surface area contributed by atoms with Gasteiger partial charge in [0.25, 0.3) is 5.91 Å². The van der Waals surface area contributed by atoms with E-state index in [1.54, 1.807) is 37.7 Å². The molecule has 1 aromatic rings. The molecule has 0 saturated heterocycles. The molecule has 2 rings (SSSR count). The van der Waals surface area contributed by atoms with Crippen molar-refractivity contribution in [3.05, 3.63) is 80.6 Å². The molecule has 10 heteroatoms. The Kier molecular flexibility index (Phi) is 24.6. The minimum absolute atomic E-state index is 0.0479. The topological polar surface area (TPSA) is 71.0 Å². The summed E-state index contributed by atoms with van der Waals surface area (Å²) in [6, 6.07) is 0. The lowest BCUT2D eigenvalue weighted by molar-refractivity contribution is -0.113. The van der Waals surface area contributed by atoms with Crippen molar-refractivity contribution in [1.29, 1.82) is 0 Å². The zero-order valence-corrected chi connectivity index (χ0v) is 29.7. The highest BCUT2D eigenvalue weighted by atomic mass is 32.1. The molecular weight excluding hydrogens is 611 g/mol. The number of ether oxygens (including phenoxy) is 1. The summed E-state index contributed by atoms with van der Waals surface area (Å²) in [6.07, 6.45) is 20.8. The first-order chi connectivity index (χ1) is 21.9. The molecule has 0 aliphatic carbocycles. The molecule has 1 aliphatic rings. The predicted molar refractivity (Wildman–Crippen MR) is 188 cm³/mol. The van der Waals surface area contributed by atoms with Crippen LogP contribution in [0.5, 0.6) is 0 Å². The summed E-state index contributed by atoms with van der Waals surface area (Å²) < 4.78 is 43.8. The normalized spacial score (nSPS) is 14.0. The van der Waals surface area contributed by atoms with E-state index >= 15 is 0 Å². The number of aliphatic imine (C=N–C) groups is 1. The Hall–Kier alpha value is -3.68. The van der Waals surface area contributed by atoms with Crippen molar-refractivity contribution in [2.45, 2.75) is 93.2 Å². The molecule has 0 spiro atoms. The molecule has 2 heterocycles. The zero-order valence-electron chi connectivity index (χ0n) is 28.9. The van der Waals surface area contributed by atoms with Gasteiger partial charge in [0.1, 0.15) is 0 Å². The number of aryl methyl sites for hydroxylation is 1. The van der Waals surface area contributed by atoms with E-state index in [2.05, 4.69) is 48.7 Å². The number of rotatable bonds is 12. The van der Waals surface area contributed by atoms with E-state index in [0.29, 0.717) is 11.1 Å². The van der Waals surface area contributed by atoms with Crippen molar-refractivity contribution in [3.8, 4) is 12.8 Å². The van der Waals surface area contributed by atoms with Crippen molar-refractivity contribution >= 4 is 29.2 Å². The Bertz CT molecular complexity index is 1270. The smallest absolute Gasteiger partial charge is 0.380 e. The van der Waals surface area contributed by atoms with E-state index in [9.17, 15) is 22.8 Å². The summed E-state index contributed by atoms with van der Waals surface area (Å²) in [4.78, 5) is 31.1. The molecule has 0 saturated carbocycles. The van der Waals surface area contributed by atoms with Crippen LogP contribution in [-0.4, -0.2) is 49.7 Å². The SMILES string of the molecule is C#C.C/C=C(\C=C(/COC)C(F)(F)F)NC(=O)c1csc(CC)c1CCCCC.C/C=C\C(C(C)=O)=C1\C=NC=CN1C.CCC. The summed E-state index contributed by atoms with van der Waals surface area (Å²) in [5.74, 6) is -0.326. The Labute approximate surface area is 278 Å². The second-order valence-electron chi connectivity index (χ2n) is 9.91. The minimum atomic E-state index is -4.52. The fourth-order valence-electron chi connectivity index (χ4n) is 3.91. The highest BCUT2D eigenvalue weighted by molar-refractivity contribution is 7.10. The third kappa shape index (κ3) is 16.6. The summed E-state index contributed by atoms with van der Waals surface area (Å²) in [7, 11) is 3.09. The lowest BCUT2D eigenvalue weighted by Gasteiger charge is -2.19. The Balaban J connectivity index is 0. The number of nitrogens with zero attached hydrogens (tertiary/aromatic N) is 2. The van der Waals surface area contributed by atoms with Crippen LogP contribution in [-0.2, 0) is 22.4 Å². The van der Waals surface area contributed by atoms with Crippen LogP contribution in [0.15, 0.2) is 69.6 Å². The maximum atomic E-state index is 13.1. The predicted octanol–water partition coefficient (Wildman–Crippen LogP) is 9.37. The van der Waals surface area contributed by atoms with Crippen LogP contribution < -0.4 is 5.32 Å². The maximum absolute atomic E-state index is 13.1. The molecule has 1 aromatic heterocycles. The quantitative estimate of drug-likeness (QED) is 0.105. The first kappa shape index (κ1) is 44.4. The number of ketones is 1. The van der Waals surface area contributed by atoms with Crippen molar-refractivity contribution in [2.24, 2.45) is 4.99 Å². The number of methoxy groups -OCH3 is 1. The van der Waals surface area contributed by atoms with Gasteiger partial charge in [-0.25, -0.2) is 0 Å². The van der Waals surface area contributed by atoms with Crippen molar-refractivity contribution in [2.75, 3.05) is 20.8 Å². The summed E-state index contributed by atoms with van der Waals surface area (Å²) in [6.45, 7) is 12.9. The van der Waals surface area contributed by atoms with Gasteiger partial charge in [-0.1, -0.05) is 65.2 Å². The van der Waals surface area contributed by atoms with Crippen LogP contribution in [0.2, 0.25) is 0 Å². The number of carbonyl (C=O) groups excluding carboxylic acids is 2. The van der Waals surface area contributed by atoms with Crippen LogP contribution in [0.4, 0.5) is 13.2 Å². The standard InChI is InChI=1S/C20H28F3NO2S.C11H14N2O.C3H8.C2H2/c1-5-8-9-10-16-17(13-27-18(16)7-3)19(25)24-15(6-2)11-14(12-26-4)20(21,22)23;1-4-5-10(9(2)14)11-8-12-6-7-13(11)3;1-3-2;1-2/h6,11,13H,5,7-10,12H2,1-4H3,(H,24,25);4-8H,1-3H3;3H2,1-2H3;1-2H/b14-11+,15-6+;5-4-,11-10+;;. The van der Waals surface area contributed by atoms with Crippen LogP contribution in [0.3, 0.4) is 0 Å². The maximum Gasteiger partial charge on any atom is 0.414 e. The van der Waals surface area contributed by atoms with Crippen molar-refractivity contribution in [3.63, 3.8) is 0 Å². The number of Topliss-reactive ketones (excluding diaryl/α,β-unsaturated/α-hetero) is 1. The van der Waals surface area contributed by atoms with Gasteiger partial charge in [-0.3, -0.25) is 14.6 Å². The van der Waals surface area contributed by atoms with E-state index in [1.807, 2.05) is 38.1 Å². The number of unbranched alkanes of at least 4 members (excludes halogenated alkanes) is 2. The number of carbonyl (C=O) groups is 2. The second kappa shape index (κ2) is 25.5. The van der Waals surface area contributed by atoms with Crippen LogP contribution in [0, 0.1) is 12.8 Å². The average Bonchev–Trinajstić information content (AvgIpc) is 3.44. The highest BCUT2D eigenvalue weighted by Crippen LogP contribution is 2.28. The number of hydrogen-bond donors (Lipinski definition) is 1. The first-order valence-corrected chi connectivity index (χ1v) is 16.2. The van der Waals surface area contributed by atoms with Crippen molar-refractivity contribution in [1.82, 2.24) is 10.2 Å². The molecule has 1 amide bonds. The van der Waals surface area contributed by atoms with Gasteiger partial charge in [-0.2, -0.15) is 13.2 Å². The van der Waals surface area contributed by atoms with Crippen LogP contribution >= 0.6 is 11.3 Å². The lowest BCUT2D eigenvalue weighted by atomic mass is 10.0. The summed E-state index contributed by atoms with van der Waals surface area (Å²) in [5.41, 5.74) is 2.34. The fraction of sp³-hybridized carbons (Fsp3) is 0.472. The molecule has 6 nitrogen and oxygen atoms in total. The summed E-state index contributed by atoms with van der Waals surface area (Å²) in [5, 5.41) is 4.41. The van der Waals surface area contributed by atoms with Gasteiger partial charge in [0.15, 0.2) is 5.78 Å².